The topological polar surface area (TPSA) is 45.5 Å². The molecule has 4 heteroatoms. The van der Waals surface area contributed by atoms with Gasteiger partial charge in [-0.05, 0) is 37.1 Å². The first-order valence-electron chi connectivity index (χ1n) is 6.50. The van der Waals surface area contributed by atoms with Crippen molar-refractivity contribution in [1.29, 1.82) is 0 Å². The van der Waals surface area contributed by atoms with Crippen molar-refractivity contribution in [3.05, 3.63) is 54.5 Å². The van der Waals surface area contributed by atoms with E-state index in [0.717, 1.165) is 30.8 Å². The number of hydrogen-bond donors (Lipinski definition) is 1. The minimum Gasteiger partial charge on any atom is -0.467 e. The largest absolute Gasteiger partial charge is 0.467 e. The molecule has 2 amide bonds. The van der Waals surface area contributed by atoms with Gasteiger partial charge in [0.15, 0.2) is 0 Å². The third kappa shape index (κ3) is 2.47. The summed E-state index contributed by atoms with van der Waals surface area (Å²) < 4.78 is 5.43. The van der Waals surface area contributed by atoms with Crippen molar-refractivity contribution in [3.63, 3.8) is 0 Å². The molecule has 1 aliphatic rings. The van der Waals surface area contributed by atoms with Gasteiger partial charge in [0.05, 0.1) is 12.3 Å². The molecule has 2 aromatic rings. The molecule has 0 bridgehead atoms. The van der Waals surface area contributed by atoms with Gasteiger partial charge in [0.2, 0.25) is 0 Å². The number of carbonyl (C=O) groups excluding carboxylic acids is 1. The van der Waals surface area contributed by atoms with Crippen LogP contribution in [-0.2, 0) is 0 Å². The summed E-state index contributed by atoms with van der Waals surface area (Å²) in [6.45, 7) is 0.768. The van der Waals surface area contributed by atoms with Crippen LogP contribution in [0, 0.1) is 0 Å². The van der Waals surface area contributed by atoms with Gasteiger partial charge >= 0.3 is 6.03 Å². The lowest BCUT2D eigenvalue weighted by atomic mass is 10.2. The van der Waals surface area contributed by atoms with E-state index < -0.39 is 0 Å². The highest BCUT2D eigenvalue weighted by Gasteiger charge is 2.31. The van der Waals surface area contributed by atoms with E-state index in [1.54, 1.807) is 6.26 Å². The third-order valence-electron chi connectivity index (χ3n) is 3.41. The summed E-state index contributed by atoms with van der Waals surface area (Å²) in [6, 6.07) is 13.3. The number of urea groups is 1. The van der Waals surface area contributed by atoms with Crippen LogP contribution in [0.5, 0.6) is 0 Å². The second-order valence-corrected chi connectivity index (χ2v) is 4.66. The molecule has 1 aromatic carbocycles. The number of nitrogens with zero attached hydrogens (tertiary/aromatic N) is 1. The maximum absolute atomic E-state index is 12.3. The van der Waals surface area contributed by atoms with E-state index in [4.69, 9.17) is 4.42 Å². The highest BCUT2D eigenvalue weighted by atomic mass is 16.3. The van der Waals surface area contributed by atoms with Gasteiger partial charge in [-0.25, -0.2) is 4.79 Å². The lowest BCUT2D eigenvalue weighted by Gasteiger charge is -2.23. The van der Waals surface area contributed by atoms with Crippen LogP contribution >= 0.6 is 0 Å². The number of para-hydroxylation sites is 1. The van der Waals surface area contributed by atoms with Crippen LogP contribution in [0.2, 0.25) is 0 Å². The highest BCUT2D eigenvalue weighted by molar-refractivity contribution is 5.89. The van der Waals surface area contributed by atoms with Crippen molar-refractivity contribution in [3.8, 4) is 0 Å². The Kier molecular flexibility index (Phi) is 3.23. The molecule has 1 aliphatic heterocycles. The molecule has 1 unspecified atom stereocenters. The van der Waals surface area contributed by atoms with Gasteiger partial charge in [-0.3, -0.25) is 0 Å². The van der Waals surface area contributed by atoms with Crippen molar-refractivity contribution in [2.24, 2.45) is 0 Å². The number of likely N-dealkylation sites (tertiary alicyclic amines) is 1. The van der Waals surface area contributed by atoms with Crippen molar-refractivity contribution >= 4 is 11.7 Å². The van der Waals surface area contributed by atoms with E-state index in [-0.39, 0.29) is 12.1 Å². The molecule has 1 aromatic heterocycles. The van der Waals surface area contributed by atoms with E-state index in [9.17, 15) is 4.79 Å². The molecule has 1 N–H and O–H groups in total. The van der Waals surface area contributed by atoms with Crippen LogP contribution in [0.1, 0.15) is 24.6 Å². The van der Waals surface area contributed by atoms with Crippen LogP contribution in [-0.4, -0.2) is 17.5 Å². The number of nitrogens with one attached hydrogen (secondary N) is 1. The Morgan fingerprint density at radius 1 is 1.21 bits per heavy atom. The molecule has 4 nitrogen and oxygen atoms in total. The average Bonchev–Trinajstić information content (AvgIpc) is 3.10. The second kappa shape index (κ2) is 5.18. The first kappa shape index (κ1) is 11.8. The molecule has 1 saturated heterocycles. The predicted octanol–water partition coefficient (Wildman–Crippen LogP) is 3.65. The highest BCUT2D eigenvalue weighted by Crippen LogP contribution is 2.32. The van der Waals surface area contributed by atoms with Crippen LogP contribution in [0.15, 0.2) is 53.1 Å². The van der Waals surface area contributed by atoms with Gasteiger partial charge in [0.1, 0.15) is 5.76 Å². The fourth-order valence-corrected chi connectivity index (χ4v) is 2.50. The van der Waals surface area contributed by atoms with E-state index in [2.05, 4.69) is 5.32 Å². The Bertz CT molecular complexity index is 537. The van der Waals surface area contributed by atoms with E-state index in [1.807, 2.05) is 47.4 Å². The lowest BCUT2D eigenvalue weighted by Crippen LogP contribution is -2.34. The van der Waals surface area contributed by atoms with Crippen molar-refractivity contribution in [2.45, 2.75) is 18.9 Å². The predicted molar refractivity (Wildman–Crippen MR) is 72.8 cm³/mol. The van der Waals surface area contributed by atoms with E-state index in [0.29, 0.717) is 0 Å². The van der Waals surface area contributed by atoms with Crippen LogP contribution < -0.4 is 5.32 Å². The number of anilines is 1. The van der Waals surface area contributed by atoms with Crippen molar-refractivity contribution in [2.75, 3.05) is 11.9 Å². The Labute approximate surface area is 112 Å². The van der Waals surface area contributed by atoms with Gasteiger partial charge in [-0.15, -0.1) is 0 Å². The second-order valence-electron chi connectivity index (χ2n) is 4.66. The monoisotopic (exact) mass is 256 g/mol. The number of hydrogen-bond acceptors (Lipinski definition) is 2. The van der Waals surface area contributed by atoms with E-state index >= 15 is 0 Å². The molecule has 2 heterocycles. The summed E-state index contributed by atoms with van der Waals surface area (Å²) in [4.78, 5) is 14.1. The zero-order valence-corrected chi connectivity index (χ0v) is 10.6. The molecule has 1 atom stereocenters. The molecule has 98 valence electrons. The number of furan rings is 1. The number of benzene rings is 1. The Morgan fingerprint density at radius 2 is 2.05 bits per heavy atom. The third-order valence-corrected chi connectivity index (χ3v) is 3.41. The van der Waals surface area contributed by atoms with Gasteiger partial charge in [-0.2, -0.15) is 0 Å². The summed E-state index contributed by atoms with van der Waals surface area (Å²) >= 11 is 0. The maximum atomic E-state index is 12.3. The van der Waals surface area contributed by atoms with Crippen LogP contribution in [0.4, 0.5) is 10.5 Å². The fraction of sp³-hybridized carbons (Fsp3) is 0.267. The first-order valence-corrected chi connectivity index (χ1v) is 6.50. The van der Waals surface area contributed by atoms with Crippen LogP contribution in [0.25, 0.3) is 0 Å². The molecule has 3 rings (SSSR count). The van der Waals surface area contributed by atoms with Gasteiger partial charge in [0.25, 0.3) is 0 Å². The Morgan fingerprint density at radius 3 is 2.79 bits per heavy atom. The van der Waals surface area contributed by atoms with Gasteiger partial charge in [-0.1, -0.05) is 18.2 Å². The molecule has 19 heavy (non-hydrogen) atoms. The summed E-state index contributed by atoms with van der Waals surface area (Å²) in [5.74, 6) is 0.862. The van der Waals surface area contributed by atoms with Crippen molar-refractivity contribution < 1.29 is 9.21 Å². The molecular weight excluding hydrogens is 240 g/mol. The number of amides is 2. The summed E-state index contributed by atoms with van der Waals surface area (Å²) in [6.07, 6.45) is 3.62. The van der Waals surface area contributed by atoms with Crippen molar-refractivity contribution in [1.82, 2.24) is 4.90 Å². The SMILES string of the molecule is O=C(Nc1ccccc1)N1CCCC1c1ccco1. The summed E-state index contributed by atoms with van der Waals surface area (Å²) in [5.41, 5.74) is 0.817. The number of rotatable bonds is 2. The molecule has 0 spiro atoms. The quantitative estimate of drug-likeness (QED) is 0.891. The lowest BCUT2D eigenvalue weighted by molar-refractivity contribution is 0.200. The summed E-state index contributed by atoms with van der Waals surface area (Å²) in [7, 11) is 0. The molecule has 1 fully saturated rings. The molecule has 0 aliphatic carbocycles. The Hall–Kier alpha value is -2.23. The minimum atomic E-state index is -0.0647. The zero-order valence-electron chi connectivity index (χ0n) is 10.6. The average molecular weight is 256 g/mol. The Balaban J connectivity index is 1.72. The first-order chi connectivity index (χ1) is 9.34. The molecule has 0 saturated carbocycles. The van der Waals surface area contributed by atoms with Gasteiger partial charge < -0.3 is 14.6 Å². The molecular formula is C15H16N2O2. The fourth-order valence-electron chi connectivity index (χ4n) is 2.50. The minimum absolute atomic E-state index is 0.0544. The van der Waals surface area contributed by atoms with E-state index in [1.165, 1.54) is 0 Å². The standard InChI is InChI=1S/C15H16N2O2/c18-15(16-12-6-2-1-3-7-12)17-10-4-8-13(17)14-9-5-11-19-14/h1-3,5-7,9,11,13H,4,8,10H2,(H,16,18). The number of carbonyl (C=O) groups is 1. The molecule has 0 radical (unpaired) electrons. The van der Waals surface area contributed by atoms with Crippen LogP contribution in [0.3, 0.4) is 0 Å². The van der Waals surface area contributed by atoms with Gasteiger partial charge in [0, 0.05) is 12.2 Å². The zero-order chi connectivity index (χ0) is 13.1. The smallest absolute Gasteiger partial charge is 0.322 e. The summed E-state index contributed by atoms with van der Waals surface area (Å²) in [5, 5.41) is 2.92. The normalized spacial score (nSPS) is 18.5. The maximum Gasteiger partial charge on any atom is 0.322 e.